The van der Waals surface area contributed by atoms with Gasteiger partial charge in [0.05, 0.1) is 24.6 Å². The first-order chi connectivity index (χ1) is 15.3. The molecule has 32 heavy (non-hydrogen) atoms. The van der Waals surface area contributed by atoms with E-state index in [1.165, 1.54) is 20.2 Å². The van der Waals surface area contributed by atoms with Gasteiger partial charge in [-0.2, -0.15) is 20.1 Å². The molecule has 3 rings (SSSR count). The van der Waals surface area contributed by atoms with Crippen LogP contribution in [0.3, 0.4) is 0 Å². The predicted octanol–water partition coefficient (Wildman–Crippen LogP) is 2.27. The summed E-state index contributed by atoms with van der Waals surface area (Å²) in [6, 6.07) is 15.2. The number of hydrogen-bond acceptors (Lipinski definition) is 7. The fraction of sp³-hybridized carbons (Fsp3) is 0.130. The molecule has 0 bridgehead atoms. The molecule has 1 N–H and O–H groups in total. The number of carbonyl (C=O) groups excluding carboxylic acids is 2. The summed E-state index contributed by atoms with van der Waals surface area (Å²) >= 11 is 0. The van der Waals surface area contributed by atoms with E-state index in [2.05, 4.69) is 20.4 Å². The lowest BCUT2D eigenvalue weighted by molar-refractivity contribution is 0.0600. The summed E-state index contributed by atoms with van der Waals surface area (Å²) in [6.07, 6.45) is 1.38. The van der Waals surface area contributed by atoms with E-state index in [-0.39, 0.29) is 16.8 Å². The van der Waals surface area contributed by atoms with E-state index in [0.29, 0.717) is 16.8 Å². The summed E-state index contributed by atoms with van der Waals surface area (Å²) in [5, 5.41) is 17.5. The molecule has 0 saturated heterocycles. The highest BCUT2D eigenvalue weighted by Gasteiger charge is 2.20. The molecule has 2 aromatic carbocycles. The smallest absolute Gasteiger partial charge is 0.337 e. The van der Waals surface area contributed by atoms with Crippen LogP contribution >= 0.6 is 0 Å². The van der Waals surface area contributed by atoms with Crippen LogP contribution in [-0.2, 0) is 4.74 Å². The molecule has 0 unspecified atom stereocenters. The van der Waals surface area contributed by atoms with E-state index in [4.69, 9.17) is 0 Å². The van der Waals surface area contributed by atoms with Crippen LogP contribution in [0, 0.1) is 25.2 Å². The number of nitriles is 1. The lowest BCUT2D eigenvalue weighted by atomic mass is 10.1. The van der Waals surface area contributed by atoms with Crippen molar-refractivity contribution < 1.29 is 14.3 Å². The van der Waals surface area contributed by atoms with Gasteiger partial charge in [-0.05, 0) is 43.7 Å². The van der Waals surface area contributed by atoms with Crippen molar-refractivity contribution >= 4 is 18.1 Å². The zero-order valence-electron chi connectivity index (χ0n) is 17.6. The number of hydrazone groups is 1. The summed E-state index contributed by atoms with van der Waals surface area (Å²) < 4.78 is 5.66. The average molecular weight is 429 g/mol. The van der Waals surface area contributed by atoms with E-state index in [1.54, 1.807) is 48.5 Å². The molecular weight excluding hydrogens is 410 g/mol. The number of methoxy groups -OCH3 is 1. The van der Waals surface area contributed by atoms with Crippen molar-refractivity contribution in [3.8, 4) is 11.8 Å². The Hall–Kier alpha value is -4.58. The second-order valence-electron chi connectivity index (χ2n) is 6.83. The zero-order valence-corrected chi connectivity index (χ0v) is 17.6. The summed E-state index contributed by atoms with van der Waals surface area (Å²) in [7, 11) is 1.29. The number of nitrogens with one attached hydrogen (secondary N) is 1. The molecule has 160 valence electrons. The van der Waals surface area contributed by atoms with E-state index in [1.807, 2.05) is 13.0 Å². The molecule has 0 saturated carbocycles. The van der Waals surface area contributed by atoms with Gasteiger partial charge in [-0.3, -0.25) is 9.59 Å². The minimum absolute atomic E-state index is 0.0973. The van der Waals surface area contributed by atoms with E-state index in [9.17, 15) is 19.6 Å². The summed E-state index contributed by atoms with van der Waals surface area (Å²) in [6.45, 7) is 3.38. The first-order valence-corrected chi connectivity index (χ1v) is 9.48. The lowest BCUT2D eigenvalue weighted by Crippen LogP contribution is -2.31. The van der Waals surface area contributed by atoms with Crippen molar-refractivity contribution in [2.45, 2.75) is 13.8 Å². The highest BCUT2D eigenvalue weighted by Crippen LogP contribution is 2.11. The van der Waals surface area contributed by atoms with Crippen LogP contribution in [-0.4, -0.2) is 35.0 Å². The maximum Gasteiger partial charge on any atom is 0.337 e. The van der Waals surface area contributed by atoms with Gasteiger partial charge in [0.25, 0.3) is 11.5 Å². The summed E-state index contributed by atoms with van der Waals surface area (Å²) in [5.74, 6) is -1.14. The molecular formula is C23H19N5O4. The average Bonchev–Trinajstić information content (AvgIpc) is 2.80. The Bertz CT molecular complexity index is 1300. The minimum atomic E-state index is -0.678. The van der Waals surface area contributed by atoms with Gasteiger partial charge in [-0.25, -0.2) is 10.2 Å². The molecule has 1 aromatic heterocycles. The Kier molecular flexibility index (Phi) is 6.56. The first kappa shape index (κ1) is 22.1. The Morgan fingerprint density at radius 2 is 1.78 bits per heavy atom. The number of esters is 1. The van der Waals surface area contributed by atoms with E-state index in [0.717, 1.165) is 10.2 Å². The Morgan fingerprint density at radius 3 is 2.38 bits per heavy atom. The number of aromatic nitrogens is 2. The van der Waals surface area contributed by atoms with Crippen LogP contribution in [0.15, 0.2) is 58.4 Å². The number of carbonyl (C=O) groups is 2. The molecule has 0 aliphatic rings. The van der Waals surface area contributed by atoms with Gasteiger partial charge < -0.3 is 4.74 Å². The van der Waals surface area contributed by atoms with Gasteiger partial charge in [0, 0.05) is 5.56 Å². The van der Waals surface area contributed by atoms with Crippen molar-refractivity contribution in [2.24, 2.45) is 5.10 Å². The highest BCUT2D eigenvalue weighted by atomic mass is 16.5. The fourth-order valence-electron chi connectivity index (χ4n) is 2.85. The third-order valence-corrected chi connectivity index (χ3v) is 4.65. The molecule has 3 aromatic rings. The van der Waals surface area contributed by atoms with Crippen molar-refractivity contribution in [3.05, 3.63) is 92.4 Å². The van der Waals surface area contributed by atoms with Gasteiger partial charge in [0.15, 0.2) is 5.69 Å². The number of benzene rings is 2. The van der Waals surface area contributed by atoms with Crippen LogP contribution in [0.5, 0.6) is 0 Å². The van der Waals surface area contributed by atoms with Gasteiger partial charge in [-0.1, -0.05) is 29.8 Å². The normalized spacial score (nSPS) is 10.6. The zero-order chi connectivity index (χ0) is 23.3. The maximum absolute atomic E-state index is 12.7. The SMILES string of the molecule is COC(=O)c1ccc(/C=N/NC(=O)c2nn(-c3ccc(C)cc3)c(=O)c(C#N)c2C)cc1. The Labute approximate surface area is 183 Å². The van der Waals surface area contributed by atoms with Crippen molar-refractivity contribution in [2.75, 3.05) is 7.11 Å². The van der Waals surface area contributed by atoms with Crippen LogP contribution in [0.2, 0.25) is 0 Å². The minimum Gasteiger partial charge on any atom is -0.465 e. The third-order valence-electron chi connectivity index (χ3n) is 4.65. The van der Waals surface area contributed by atoms with Crippen LogP contribution in [0.25, 0.3) is 5.69 Å². The monoisotopic (exact) mass is 429 g/mol. The van der Waals surface area contributed by atoms with E-state index >= 15 is 0 Å². The molecule has 0 spiro atoms. The molecule has 0 aliphatic heterocycles. The topological polar surface area (TPSA) is 126 Å². The largest absolute Gasteiger partial charge is 0.465 e. The molecule has 1 heterocycles. The second kappa shape index (κ2) is 9.49. The highest BCUT2D eigenvalue weighted by molar-refractivity contribution is 5.95. The third kappa shape index (κ3) is 4.60. The quantitative estimate of drug-likeness (QED) is 0.377. The molecule has 0 atom stereocenters. The lowest BCUT2D eigenvalue weighted by Gasteiger charge is -2.10. The van der Waals surface area contributed by atoms with Crippen LogP contribution in [0.1, 0.15) is 43.1 Å². The molecule has 1 amide bonds. The number of amides is 1. The van der Waals surface area contributed by atoms with Gasteiger partial charge in [0.1, 0.15) is 11.6 Å². The second-order valence-corrected chi connectivity index (χ2v) is 6.83. The molecule has 9 heteroatoms. The summed E-state index contributed by atoms with van der Waals surface area (Å²) in [4.78, 5) is 36.8. The number of hydrogen-bond donors (Lipinski definition) is 1. The Morgan fingerprint density at radius 1 is 1.12 bits per heavy atom. The van der Waals surface area contributed by atoms with Gasteiger partial charge in [-0.15, -0.1) is 0 Å². The van der Waals surface area contributed by atoms with Crippen molar-refractivity contribution in [3.63, 3.8) is 0 Å². The molecule has 0 fully saturated rings. The van der Waals surface area contributed by atoms with Crippen molar-refractivity contribution in [1.29, 1.82) is 5.26 Å². The van der Waals surface area contributed by atoms with E-state index < -0.39 is 17.4 Å². The van der Waals surface area contributed by atoms with Gasteiger partial charge in [0.2, 0.25) is 0 Å². The predicted molar refractivity (Wildman–Crippen MR) is 117 cm³/mol. The first-order valence-electron chi connectivity index (χ1n) is 9.48. The molecule has 0 radical (unpaired) electrons. The van der Waals surface area contributed by atoms with Gasteiger partial charge >= 0.3 is 5.97 Å². The Balaban J connectivity index is 1.87. The standard InChI is InChI=1S/C23H19N5O4/c1-14-4-10-18(11-5-14)28-22(30)19(12-24)15(2)20(27-28)21(29)26-25-13-16-6-8-17(9-7-16)23(31)32-3/h4-11,13H,1-3H3,(H,26,29)/b25-13+. The van der Waals surface area contributed by atoms with Crippen molar-refractivity contribution in [1.82, 2.24) is 15.2 Å². The summed E-state index contributed by atoms with van der Waals surface area (Å²) in [5.41, 5.74) is 4.06. The maximum atomic E-state index is 12.7. The van der Waals surface area contributed by atoms with Crippen LogP contribution < -0.4 is 11.0 Å². The number of ether oxygens (including phenoxy) is 1. The fourth-order valence-corrected chi connectivity index (χ4v) is 2.85. The number of nitrogens with zero attached hydrogens (tertiary/aromatic N) is 4. The number of aryl methyl sites for hydroxylation is 1. The van der Waals surface area contributed by atoms with Crippen LogP contribution in [0.4, 0.5) is 0 Å². The molecule has 9 nitrogen and oxygen atoms in total. The number of rotatable bonds is 5. The molecule has 0 aliphatic carbocycles.